The SMILES string of the molecule is c1ccc(-n2c3ccccc3c3cc(-c4cccc5oc6ccc(-c7ccc8c(c7)c7c9ccccc9ccc7n8-c7ccccc7)cc6c45)ccc32)cc1. The van der Waals surface area contributed by atoms with Gasteiger partial charge < -0.3 is 13.6 Å². The third-order valence-electron chi connectivity index (χ3n) is 11.5. The maximum Gasteiger partial charge on any atom is 0.136 e. The smallest absolute Gasteiger partial charge is 0.136 e. The largest absolute Gasteiger partial charge is 0.456 e. The van der Waals surface area contributed by atoms with E-state index >= 15 is 0 Å². The van der Waals surface area contributed by atoms with Crippen LogP contribution in [0.5, 0.6) is 0 Å². The summed E-state index contributed by atoms with van der Waals surface area (Å²) in [4.78, 5) is 0. The summed E-state index contributed by atoms with van der Waals surface area (Å²) < 4.78 is 11.3. The molecule has 0 atom stereocenters. The zero-order chi connectivity index (χ0) is 36.0. The van der Waals surface area contributed by atoms with Crippen LogP contribution in [0.2, 0.25) is 0 Å². The Labute approximate surface area is 316 Å². The Morgan fingerprint density at radius 3 is 1.69 bits per heavy atom. The molecule has 0 amide bonds. The Balaban J connectivity index is 1.06. The summed E-state index contributed by atoms with van der Waals surface area (Å²) in [6.45, 7) is 0. The minimum Gasteiger partial charge on any atom is -0.456 e. The van der Waals surface area contributed by atoms with Crippen molar-refractivity contribution in [1.82, 2.24) is 9.13 Å². The van der Waals surface area contributed by atoms with Crippen LogP contribution < -0.4 is 0 Å². The maximum absolute atomic E-state index is 6.55. The highest BCUT2D eigenvalue weighted by molar-refractivity contribution is 6.22. The third kappa shape index (κ3) is 4.44. The summed E-state index contributed by atoms with van der Waals surface area (Å²) in [6.07, 6.45) is 0. The standard InChI is InChI=1S/C52H32N2O/c1-3-13-37(14-4-1)53-45-20-10-9-18-41(45)42-32-36(24-27-46(42)53)40-19-11-21-50-52(40)44-31-35(25-29-49(44)55-50)34-23-26-47-43(30-34)51-39-17-8-7-12-33(39)22-28-48(51)54(47)38-15-5-2-6-16-38/h1-32H. The summed E-state index contributed by atoms with van der Waals surface area (Å²) in [5.41, 5.74) is 13.6. The lowest BCUT2D eigenvalue weighted by atomic mass is 9.96. The molecule has 0 radical (unpaired) electrons. The Bertz CT molecular complexity index is 3470. The second kappa shape index (κ2) is 11.6. The highest BCUT2D eigenvalue weighted by atomic mass is 16.3. The second-order valence-corrected chi connectivity index (χ2v) is 14.5. The Morgan fingerprint density at radius 2 is 0.891 bits per heavy atom. The average Bonchev–Trinajstić information content (AvgIpc) is 3.91. The molecule has 256 valence electrons. The number of fused-ring (bicyclic) bond motifs is 11. The van der Waals surface area contributed by atoms with E-state index < -0.39 is 0 Å². The van der Waals surface area contributed by atoms with Crippen LogP contribution in [0.3, 0.4) is 0 Å². The summed E-state index contributed by atoms with van der Waals surface area (Å²) in [6, 6.07) is 70.2. The summed E-state index contributed by atoms with van der Waals surface area (Å²) in [5.74, 6) is 0. The van der Waals surface area contributed by atoms with E-state index in [0.717, 1.165) is 38.9 Å². The quantitative estimate of drug-likeness (QED) is 0.179. The molecule has 0 unspecified atom stereocenters. The van der Waals surface area contributed by atoms with Crippen molar-refractivity contribution in [3.8, 4) is 33.6 Å². The van der Waals surface area contributed by atoms with Gasteiger partial charge in [-0.25, -0.2) is 0 Å². The van der Waals surface area contributed by atoms with Crippen LogP contribution in [0, 0.1) is 0 Å². The van der Waals surface area contributed by atoms with Gasteiger partial charge in [-0.2, -0.15) is 0 Å². The molecule has 0 spiro atoms. The molecule has 12 aromatic rings. The van der Waals surface area contributed by atoms with Gasteiger partial charge in [-0.3, -0.25) is 0 Å². The minimum atomic E-state index is 0.890. The van der Waals surface area contributed by atoms with Gasteiger partial charge in [-0.05, 0) is 112 Å². The van der Waals surface area contributed by atoms with E-state index in [1.54, 1.807) is 0 Å². The predicted octanol–water partition coefficient (Wildman–Crippen LogP) is 14.3. The number of nitrogens with zero attached hydrogens (tertiary/aromatic N) is 2. The van der Waals surface area contributed by atoms with E-state index in [4.69, 9.17) is 4.42 Å². The first-order valence-corrected chi connectivity index (χ1v) is 18.8. The number of benzene rings is 9. The van der Waals surface area contributed by atoms with Gasteiger partial charge in [0.25, 0.3) is 0 Å². The molecule has 3 aromatic heterocycles. The van der Waals surface area contributed by atoms with Crippen molar-refractivity contribution in [3.05, 3.63) is 194 Å². The molecule has 0 N–H and O–H groups in total. The van der Waals surface area contributed by atoms with Crippen LogP contribution in [0.4, 0.5) is 0 Å². The first-order chi connectivity index (χ1) is 27.3. The van der Waals surface area contributed by atoms with Crippen LogP contribution in [0.15, 0.2) is 199 Å². The van der Waals surface area contributed by atoms with E-state index in [1.165, 1.54) is 71.1 Å². The fourth-order valence-corrected chi connectivity index (χ4v) is 9.07. The van der Waals surface area contributed by atoms with E-state index in [0.29, 0.717) is 0 Å². The summed E-state index contributed by atoms with van der Waals surface area (Å²) in [5, 5.41) is 9.76. The van der Waals surface area contributed by atoms with Crippen LogP contribution in [-0.2, 0) is 0 Å². The van der Waals surface area contributed by atoms with Crippen LogP contribution in [0.1, 0.15) is 0 Å². The molecular weight excluding hydrogens is 669 g/mol. The van der Waals surface area contributed by atoms with E-state index in [9.17, 15) is 0 Å². The van der Waals surface area contributed by atoms with Gasteiger partial charge in [0, 0.05) is 43.7 Å². The molecule has 0 aliphatic carbocycles. The topological polar surface area (TPSA) is 23.0 Å². The van der Waals surface area contributed by atoms with Crippen molar-refractivity contribution in [3.63, 3.8) is 0 Å². The van der Waals surface area contributed by atoms with Crippen molar-refractivity contribution >= 4 is 76.3 Å². The van der Waals surface area contributed by atoms with E-state index in [-0.39, 0.29) is 0 Å². The lowest BCUT2D eigenvalue weighted by Crippen LogP contribution is -1.93. The number of para-hydroxylation sites is 3. The molecule has 3 nitrogen and oxygen atoms in total. The fourth-order valence-electron chi connectivity index (χ4n) is 9.07. The average molecular weight is 701 g/mol. The van der Waals surface area contributed by atoms with Gasteiger partial charge >= 0.3 is 0 Å². The Hall–Kier alpha value is -7.36. The summed E-state index contributed by atoms with van der Waals surface area (Å²) in [7, 11) is 0. The Kier molecular flexibility index (Phi) is 6.34. The van der Waals surface area contributed by atoms with Crippen LogP contribution in [0.25, 0.3) is 110 Å². The molecule has 0 aliphatic heterocycles. The zero-order valence-electron chi connectivity index (χ0n) is 29.8. The van der Waals surface area contributed by atoms with Gasteiger partial charge in [-0.1, -0.05) is 115 Å². The normalized spacial score (nSPS) is 12.0. The lowest BCUT2D eigenvalue weighted by molar-refractivity contribution is 0.669. The maximum atomic E-state index is 6.55. The molecule has 3 heteroatoms. The molecule has 12 rings (SSSR count). The van der Waals surface area contributed by atoms with Crippen molar-refractivity contribution in [2.45, 2.75) is 0 Å². The number of furan rings is 1. The molecule has 0 saturated heterocycles. The van der Waals surface area contributed by atoms with Crippen molar-refractivity contribution in [2.24, 2.45) is 0 Å². The summed E-state index contributed by atoms with van der Waals surface area (Å²) >= 11 is 0. The number of hydrogen-bond donors (Lipinski definition) is 0. The molecule has 0 bridgehead atoms. The van der Waals surface area contributed by atoms with Gasteiger partial charge in [0.2, 0.25) is 0 Å². The molecular formula is C52H32N2O. The number of hydrogen-bond acceptors (Lipinski definition) is 1. The van der Waals surface area contributed by atoms with Crippen molar-refractivity contribution < 1.29 is 4.42 Å². The molecule has 0 saturated carbocycles. The first kappa shape index (κ1) is 30.1. The Morgan fingerprint density at radius 1 is 0.309 bits per heavy atom. The van der Waals surface area contributed by atoms with Crippen LogP contribution >= 0.6 is 0 Å². The third-order valence-corrected chi connectivity index (χ3v) is 11.5. The number of rotatable bonds is 4. The number of aromatic nitrogens is 2. The highest BCUT2D eigenvalue weighted by Crippen LogP contribution is 2.43. The highest BCUT2D eigenvalue weighted by Gasteiger charge is 2.19. The monoisotopic (exact) mass is 700 g/mol. The predicted molar refractivity (Wildman–Crippen MR) is 231 cm³/mol. The van der Waals surface area contributed by atoms with Gasteiger partial charge in [0.1, 0.15) is 11.2 Å². The molecule has 0 fully saturated rings. The van der Waals surface area contributed by atoms with Crippen molar-refractivity contribution in [2.75, 3.05) is 0 Å². The first-order valence-electron chi connectivity index (χ1n) is 18.8. The van der Waals surface area contributed by atoms with Gasteiger partial charge in [-0.15, -0.1) is 0 Å². The fraction of sp³-hybridized carbons (Fsp3) is 0. The molecule has 9 aromatic carbocycles. The zero-order valence-corrected chi connectivity index (χ0v) is 29.8. The lowest BCUT2D eigenvalue weighted by Gasteiger charge is -2.09. The minimum absolute atomic E-state index is 0.890. The van der Waals surface area contributed by atoms with Crippen LogP contribution in [-0.4, -0.2) is 9.13 Å². The second-order valence-electron chi connectivity index (χ2n) is 14.5. The molecule has 3 heterocycles. The molecule has 55 heavy (non-hydrogen) atoms. The molecule has 0 aliphatic rings. The van der Waals surface area contributed by atoms with Gasteiger partial charge in [0.15, 0.2) is 0 Å². The van der Waals surface area contributed by atoms with Gasteiger partial charge in [0.05, 0.1) is 22.1 Å². The van der Waals surface area contributed by atoms with E-state index in [2.05, 4.69) is 203 Å². The van der Waals surface area contributed by atoms with E-state index in [1.807, 2.05) is 0 Å². The van der Waals surface area contributed by atoms with Crippen molar-refractivity contribution in [1.29, 1.82) is 0 Å².